The van der Waals surface area contributed by atoms with Crippen LogP contribution in [0.2, 0.25) is 0 Å². The van der Waals surface area contributed by atoms with Gasteiger partial charge in [-0.3, -0.25) is 9.78 Å². The third-order valence-electron chi connectivity index (χ3n) is 4.92. The Hall–Kier alpha value is -4.15. The quantitative estimate of drug-likeness (QED) is 0.390. The summed E-state index contributed by atoms with van der Waals surface area (Å²) >= 11 is 0. The molecule has 4 rings (SSSR count). The fourth-order valence-corrected chi connectivity index (χ4v) is 3.30. The fraction of sp³-hybridized carbons (Fsp3) is 0.217. The molecule has 0 aliphatic carbocycles. The molecule has 1 amide bonds. The summed E-state index contributed by atoms with van der Waals surface area (Å²) in [6.45, 7) is 2.57. The summed E-state index contributed by atoms with van der Waals surface area (Å²) in [6, 6.07) is 13.9. The first-order valence-corrected chi connectivity index (χ1v) is 10.1. The number of fused-ring (bicyclic) bond motifs is 1. The first-order chi connectivity index (χ1) is 16.1. The van der Waals surface area contributed by atoms with Crippen molar-refractivity contribution < 1.29 is 32.7 Å². The Labute approximate surface area is 192 Å². The number of H-pyrrole nitrogens is 1. The summed E-state index contributed by atoms with van der Waals surface area (Å²) in [7, 11) is 1.54. The van der Waals surface area contributed by atoms with Gasteiger partial charge in [0.1, 0.15) is 7.11 Å². The minimum absolute atomic E-state index is 0.0198. The van der Waals surface area contributed by atoms with Crippen molar-refractivity contribution in [3.05, 3.63) is 65.5 Å². The molecule has 1 aliphatic rings. The van der Waals surface area contributed by atoms with E-state index < -0.39 is 12.1 Å². The molecule has 3 heterocycles. The van der Waals surface area contributed by atoms with Crippen LogP contribution in [0.25, 0.3) is 22.5 Å². The molecule has 0 radical (unpaired) electrons. The first-order valence-electron chi connectivity index (χ1n) is 10.1. The van der Waals surface area contributed by atoms with Gasteiger partial charge < -0.3 is 20.2 Å². The van der Waals surface area contributed by atoms with Gasteiger partial charge in [0, 0.05) is 41.7 Å². The van der Waals surface area contributed by atoms with Gasteiger partial charge in [-0.05, 0) is 36.8 Å². The van der Waals surface area contributed by atoms with Gasteiger partial charge in [0.05, 0.1) is 17.0 Å². The highest BCUT2D eigenvalue weighted by Crippen LogP contribution is 2.27. The molecule has 0 bridgehead atoms. The number of carbonyl (C=O) groups excluding carboxylic acids is 1. The predicted molar refractivity (Wildman–Crippen MR) is 118 cm³/mol. The maximum atomic E-state index is 12.0. The average Bonchev–Trinajstić information content (AvgIpc) is 3.25. The van der Waals surface area contributed by atoms with Gasteiger partial charge >= 0.3 is 12.1 Å². The van der Waals surface area contributed by atoms with Crippen molar-refractivity contribution >= 4 is 17.6 Å². The number of pyridine rings is 1. The summed E-state index contributed by atoms with van der Waals surface area (Å²) in [4.78, 5) is 33.7. The molecule has 0 saturated heterocycles. The monoisotopic (exact) mass is 474 g/mol. The lowest BCUT2D eigenvalue weighted by molar-refractivity contribution is -0.192. The Morgan fingerprint density at radius 1 is 1.18 bits per heavy atom. The van der Waals surface area contributed by atoms with Crippen LogP contribution in [0.4, 0.5) is 13.2 Å². The number of carboxylic acid groups (broad SMARTS) is 1. The summed E-state index contributed by atoms with van der Waals surface area (Å²) in [6.07, 6.45) is -2.48. The number of aromatic amines is 1. The van der Waals surface area contributed by atoms with Crippen LogP contribution >= 0.6 is 0 Å². The van der Waals surface area contributed by atoms with Crippen LogP contribution in [0.3, 0.4) is 0 Å². The number of amides is 1. The van der Waals surface area contributed by atoms with E-state index in [0.29, 0.717) is 6.54 Å². The van der Waals surface area contributed by atoms with Crippen molar-refractivity contribution in [3.63, 3.8) is 0 Å². The average molecular weight is 474 g/mol. The molecule has 0 saturated carbocycles. The highest BCUT2D eigenvalue weighted by atomic mass is 19.4. The highest BCUT2D eigenvalue weighted by molar-refractivity contribution is 5.99. The number of carboxylic acids is 1. The molecule has 3 N–H and O–H groups in total. The van der Waals surface area contributed by atoms with E-state index >= 15 is 0 Å². The Kier molecular flexibility index (Phi) is 7.34. The predicted octanol–water partition coefficient (Wildman–Crippen LogP) is 4.03. The van der Waals surface area contributed by atoms with Gasteiger partial charge in [-0.1, -0.05) is 23.4 Å². The van der Waals surface area contributed by atoms with Crippen molar-refractivity contribution in [2.24, 2.45) is 5.16 Å². The van der Waals surface area contributed by atoms with Crippen molar-refractivity contribution in [2.45, 2.75) is 19.5 Å². The maximum Gasteiger partial charge on any atom is 0.490 e. The molecule has 0 atom stereocenters. The third kappa shape index (κ3) is 5.80. The normalized spacial score (nSPS) is 13.3. The first kappa shape index (κ1) is 24.5. The molecule has 2 aromatic heterocycles. The largest absolute Gasteiger partial charge is 0.490 e. The van der Waals surface area contributed by atoms with E-state index in [1.807, 2.05) is 49.4 Å². The van der Waals surface area contributed by atoms with E-state index in [1.165, 1.54) is 7.11 Å². The Morgan fingerprint density at radius 3 is 2.56 bits per heavy atom. The van der Waals surface area contributed by atoms with Gasteiger partial charge in [-0.2, -0.15) is 13.2 Å². The molecule has 1 aromatic carbocycles. The zero-order valence-electron chi connectivity index (χ0n) is 18.2. The van der Waals surface area contributed by atoms with Crippen LogP contribution in [-0.2, 0) is 16.1 Å². The van der Waals surface area contributed by atoms with Crippen LogP contribution in [-0.4, -0.2) is 52.5 Å². The van der Waals surface area contributed by atoms with E-state index in [0.717, 1.165) is 51.5 Å². The number of alkyl halides is 3. The SMILES string of the molecule is CON=C(C)c1cccc(-c2cc(-c3cc4c([nH]3)CCNC4=O)ccn2)c1.O=C(O)C(F)(F)F. The zero-order valence-corrected chi connectivity index (χ0v) is 18.2. The number of aromatic nitrogens is 2. The van der Waals surface area contributed by atoms with Crippen LogP contribution in [0.15, 0.2) is 53.8 Å². The molecule has 8 nitrogen and oxygen atoms in total. The minimum Gasteiger partial charge on any atom is -0.475 e. The number of halogens is 3. The number of hydrogen-bond donors (Lipinski definition) is 3. The molecule has 0 spiro atoms. The Morgan fingerprint density at radius 2 is 1.91 bits per heavy atom. The van der Waals surface area contributed by atoms with Crippen molar-refractivity contribution in [2.75, 3.05) is 13.7 Å². The number of rotatable bonds is 4. The van der Waals surface area contributed by atoms with Crippen molar-refractivity contribution in [1.29, 1.82) is 0 Å². The number of benzene rings is 1. The van der Waals surface area contributed by atoms with E-state index in [-0.39, 0.29) is 5.91 Å². The standard InChI is InChI=1S/C21H20N4O2.C2HF3O2/c1-13(25-27-2)14-4-3-5-15(10-14)19-11-16(6-8-22-19)20-12-17-18(24-20)7-9-23-21(17)26;3-2(4,5)1(6)7/h3-6,8,10-12,24H,7,9H2,1-2H3,(H,23,26);(H,6,7). The second-order valence-corrected chi connectivity index (χ2v) is 7.25. The molecule has 178 valence electrons. The third-order valence-corrected chi connectivity index (χ3v) is 4.92. The van der Waals surface area contributed by atoms with Gasteiger partial charge in [0.25, 0.3) is 5.91 Å². The van der Waals surface area contributed by atoms with E-state index in [2.05, 4.69) is 20.4 Å². The summed E-state index contributed by atoms with van der Waals surface area (Å²) in [5, 5.41) is 14.0. The molecular weight excluding hydrogens is 453 g/mol. The van der Waals surface area contributed by atoms with E-state index in [4.69, 9.17) is 14.7 Å². The lowest BCUT2D eigenvalue weighted by atomic mass is 10.0. The fourth-order valence-electron chi connectivity index (χ4n) is 3.30. The number of nitrogens with zero attached hydrogens (tertiary/aromatic N) is 2. The van der Waals surface area contributed by atoms with Gasteiger partial charge in [0.2, 0.25) is 0 Å². The summed E-state index contributed by atoms with van der Waals surface area (Å²) in [5.74, 6) is -2.78. The van der Waals surface area contributed by atoms with Gasteiger partial charge in [-0.15, -0.1) is 0 Å². The van der Waals surface area contributed by atoms with E-state index in [1.54, 1.807) is 6.20 Å². The molecule has 0 unspecified atom stereocenters. The number of hydrogen-bond acceptors (Lipinski definition) is 5. The Bertz CT molecular complexity index is 1230. The van der Waals surface area contributed by atoms with Crippen molar-refractivity contribution in [1.82, 2.24) is 15.3 Å². The Balaban J connectivity index is 0.000000406. The summed E-state index contributed by atoms with van der Waals surface area (Å²) < 4.78 is 31.7. The second-order valence-electron chi connectivity index (χ2n) is 7.25. The van der Waals surface area contributed by atoms with Crippen LogP contribution in [0, 0.1) is 0 Å². The molecular formula is C23H21F3N4O4. The topological polar surface area (TPSA) is 117 Å². The zero-order chi connectivity index (χ0) is 24.9. The number of oxime groups is 1. The maximum absolute atomic E-state index is 12.0. The van der Waals surface area contributed by atoms with E-state index in [9.17, 15) is 18.0 Å². The highest BCUT2D eigenvalue weighted by Gasteiger charge is 2.38. The molecule has 1 aliphatic heterocycles. The van der Waals surface area contributed by atoms with Crippen LogP contribution in [0.5, 0.6) is 0 Å². The number of carbonyl (C=O) groups is 2. The number of nitrogens with one attached hydrogen (secondary N) is 2. The molecule has 0 fully saturated rings. The smallest absolute Gasteiger partial charge is 0.475 e. The lowest BCUT2D eigenvalue weighted by Crippen LogP contribution is -2.31. The van der Waals surface area contributed by atoms with Crippen molar-refractivity contribution in [3.8, 4) is 22.5 Å². The molecule has 34 heavy (non-hydrogen) atoms. The molecule has 3 aromatic rings. The number of aliphatic carboxylic acids is 1. The second kappa shape index (κ2) is 10.2. The lowest BCUT2D eigenvalue weighted by Gasteiger charge is -2.11. The van der Waals surface area contributed by atoms with Crippen LogP contribution in [0.1, 0.15) is 28.5 Å². The molecule has 11 heteroatoms. The van der Waals surface area contributed by atoms with Gasteiger partial charge in [-0.25, -0.2) is 4.79 Å². The van der Waals surface area contributed by atoms with Gasteiger partial charge in [0.15, 0.2) is 0 Å². The van der Waals surface area contributed by atoms with Crippen LogP contribution < -0.4 is 5.32 Å². The minimum atomic E-state index is -5.08. The summed E-state index contributed by atoms with van der Waals surface area (Å²) in [5.41, 5.74) is 7.27.